The molecule has 2 bridgehead atoms. The molecular weight excluding hydrogens is 316 g/mol. The number of pyridine rings is 1. The highest BCUT2D eigenvalue weighted by molar-refractivity contribution is 9.10. The summed E-state index contributed by atoms with van der Waals surface area (Å²) in [6, 6.07) is 3.86. The van der Waals surface area contributed by atoms with E-state index in [9.17, 15) is 4.79 Å². The highest BCUT2D eigenvalue weighted by atomic mass is 79.9. The first kappa shape index (κ1) is 14.1. The number of carbonyl (C=O) groups is 1. The van der Waals surface area contributed by atoms with E-state index < -0.39 is 0 Å². The van der Waals surface area contributed by atoms with E-state index >= 15 is 0 Å². The summed E-state index contributed by atoms with van der Waals surface area (Å²) in [7, 11) is 0. The Morgan fingerprint density at radius 2 is 2.20 bits per heavy atom. The van der Waals surface area contributed by atoms with Crippen LogP contribution in [-0.4, -0.2) is 16.9 Å². The van der Waals surface area contributed by atoms with Crippen molar-refractivity contribution < 1.29 is 4.79 Å². The lowest BCUT2D eigenvalue weighted by atomic mass is 9.68. The number of fused-ring (bicyclic) bond motifs is 2. The molecule has 0 saturated heterocycles. The predicted octanol–water partition coefficient (Wildman–Crippen LogP) is 3.79. The molecule has 0 radical (unpaired) electrons. The maximum atomic E-state index is 12.5. The Labute approximate surface area is 128 Å². The van der Waals surface area contributed by atoms with Crippen LogP contribution in [0.4, 0.5) is 0 Å². The van der Waals surface area contributed by atoms with E-state index in [-0.39, 0.29) is 22.8 Å². The number of nitrogens with one attached hydrogen (secondary N) is 1. The Bertz CT molecular complexity index is 552. The van der Waals surface area contributed by atoms with Gasteiger partial charge in [-0.3, -0.25) is 4.79 Å². The van der Waals surface area contributed by atoms with Crippen molar-refractivity contribution in [3.05, 3.63) is 28.5 Å². The van der Waals surface area contributed by atoms with Crippen LogP contribution < -0.4 is 5.32 Å². The minimum absolute atomic E-state index is 0.0168. The summed E-state index contributed by atoms with van der Waals surface area (Å²) in [6.45, 7) is 6.92. The van der Waals surface area contributed by atoms with Crippen LogP contribution in [0.3, 0.4) is 0 Å². The van der Waals surface area contributed by atoms with Crippen molar-refractivity contribution in [3.8, 4) is 0 Å². The topological polar surface area (TPSA) is 42.0 Å². The Balaban J connectivity index is 1.85. The first-order valence-corrected chi connectivity index (χ1v) is 8.05. The quantitative estimate of drug-likeness (QED) is 0.835. The molecular formula is C16H21BrN2O. The molecule has 1 heterocycles. The van der Waals surface area contributed by atoms with Gasteiger partial charge in [0, 0.05) is 12.2 Å². The van der Waals surface area contributed by atoms with Crippen molar-refractivity contribution in [3.63, 3.8) is 0 Å². The molecule has 0 spiro atoms. The van der Waals surface area contributed by atoms with Gasteiger partial charge in [-0.15, -0.1) is 0 Å². The van der Waals surface area contributed by atoms with Crippen LogP contribution in [0, 0.1) is 16.7 Å². The second-order valence-corrected chi connectivity index (χ2v) is 7.91. The molecule has 3 unspecified atom stereocenters. The number of hydrogen-bond acceptors (Lipinski definition) is 2. The molecule has 108 valence electrons. The minimum Gasteiger partial charge on any atom is -0.348 e. The summed E-state index contributed by atoms with van der Waals surface area (Å²) < 4.78 is 0.614. The lowest BCUT2D eigenvalue weighted by molar-refractivity contribution is 0.0736. The molecule has 1 N–H and O–H groups in total. The van der Waals surface area contributed by atoms with E-state index in [4.69, 9.17) is 0 Å². The number of hydrogen-bond donors (Lipinski definition) is 1. The summed E-state index contributed by atoms with van der Waals surface area (Å²) >= 11 is 3.36. The van der Waals surface area contributed by atoms with Crippen molar-refractivity contribution in [2.75, 3.05) is 0 Å². The smallest absolute Gasteiger partial charge is 0.254 e. The number of carbonyl (C=O) groups excluding carboxylic acids is 1. The minimum atomic E-state index is -0.0168. The molecule has 4 heteroatoms. The standard InChI is InChI=1S/C16H21BrN2O/c1-15(2)10-6-7-16(3,9-10)14(15)19-13(20)11-5-4-8-18-12(11)17/h4-5,8,10,14H,6-7,9H2,1-3H3,(H,19,20). The van der Waals surface area contributed by atoms with Gasteiger partial charge in [0.1, 0.15) is 4.60 Å². The average Bonchev–Trinajstić information content (AvgIpc) is 2.86. The molecule has 1 amide bonds. The highest BCUT2D eigenvalue weighted by Gasteiger charge is 2.59. The second-order valence-electron chi connectivity index (χ2n) is 7.16. The zero-order chi connectivity index (χ0) is 14.5. The van der Waals surface area contributed by atoms with E-state index in [1.54, 1.807) is 12.3 Å². The van der Waals surface area contributed by atoms with Crippen LogP contribution in [0.15, 0.2) is 22.9 Å². The van der Waals surface area contributed by atoms with Crippen LogP contribution in [0.2, 0.25) is 0 Å². The fraction of sp³-hybridized carbons (Fsp3) is 0.625. The molecule has 1 aromatic rings. The number of halogens is 1. The van der Waals surface area contributed by atoms with Gasteiger partial charge < -0.3 is 5.32 Å². The van der Waals surface area contributed by atoms with Gasteiger partial charge in [-0.05, 0) is 64.1 Å². The van der Waals surface area contributed by atoms with E-state index in [2.05, 4.69) is 47.0 Å². The molecule has 2 fully saturated rings. The second kappa shape index (κ2) is 4.55. The molecule has 20 heavy (non-hydrogen) atoms. The molecule has 0 aromatic carbocycles. The van der Waals surface area contributed by atoms with E-state index in [0.717, 1.165) is 5.92 Å². The number of aromatic nitrogens is 1. The van der Waals surface area contributed by atoms with Crippen LogP contribution in [0.1, 0.15) is 50.4 Å². The largest absolute Gasteiger partial charge is 0.348 e. The summed E-state index contributed by atoms with van der Waals surface area (Å²) in [4.78, 5) is 16.7. The van der Waals surface area contributed by atoms with Crippen LogP contribution >= 0.6 is 15.9 Å². The third kappa shape index (κ3) is 2.00. The maximum Gasteiger partial charge on any atom is 0.254 e. The predicted molar refractivity (Wildman–Crippen MR) is 82.4 cm³/mol. The third-order valence-electron chi connectivity index (χ3n) is 5.55. The van der Waals surface area contributed by atoms with Crippen LogP contribution in [-0.2, 0) is 0 Å². The summed E-state index contributed by atoms with van der Waals surface area (Å²) in [5, 5.41) is 3.29. The average molecular weight is 337 g/mol. The van der Waals surface area contributed by atoms with Crippen LogP contribution in [0.25, 0.3) is 0 Å². The Kier molecular flexibility index (Phi) is 3.20. The lowest BCUT2D eigenvalue weighted by Crippen LogP contribution is -2.52. The Hall–Kier alpha value is -0.900. The van der Waals surface area contributed by atoms with Gasteiger partial charge in [0.05, 0.1) is 5.56 Å². The van der Waals surface area contributed by atoms with E-state index in [1.165, 1.54) is 19.3 Å². The number of rotatable bonds is 2. The highest BCUT2D eigenvalue weighted by Crippen LogP contribution is 2.62. The SMILES string of the molecule is CC12CCC(C1)C(C)(C)C2NC(=O)c1cccnc1Br. The Morgan fingerprint density at radius 3 is 2.80 bits per heavy atom. The summed E-state index contributed by atoms with van der Waals surface area (Å²) in [5.74, 6) is 0.715. The summed E-state index contributed by atoms with van der Waals surface area (Å²) in [5.41, 5.74) is 1.05. The molecule has 1 aromatic heterocycles. The first-order valence-electron chi connectivity index (χ1n) is 7.26. The fourth-order valence-electron chi connectivity index (χ4n) is 4.43. The third-order valence-corrected chi connectivity index (χ3v) is 6.18. The zero-order valence-corrected chi connectivity index (χ0v) is 13.8. The van der Waals surface area contributed by atoms with Crippen molar-refractivity contribution in [2.24, 2.45) is 16.7 Å². The molecule has 2 saturated carbocycles. The van der Waals surface area contributed by atoms with Gasteiger partial charge in [0.2, 0.25) is 0 Å². The van der Waals surface area contributed by atoms with Crippen molar-refractivity contribution >= 4 is 21.8 Å². The molecule has 3 rings (SSSR count). The number of nitrogens with zero attached hydrogens (tertiary/aromatic N) is 1. The molecule has 3 atom stereocenters. The molecule has 0 aliphatic heterocycles. The van der Waals surface area contributed by atoms with Gasteiger partial charge >= 0.3 is 0 Å². The number of amides is 1. The molecule has 2 aliphatic rings. The van der Waals surface area contributed by atoms with Crippen molar-refractivity contribution in [2.45, 2.75) is 46.1 Å². The van der Waals surface area contributed by atoms with Crippen molar-refractivity contribution in [1.82, 2.24) is 10.3 Å². The van der Waals surface area contributed by atoms with E-state index in [1.807, 2.05) is 6.07 Å². The zero-order valence-electron chi connectivity index (χ0n) is 12.2. The van der Waals surface area contributed by atoms with Gasteiger partial charge in [-0.2, -0.15) is 0 Å². The normalized spacial score (nSPS) is 34.2. The van der Waals surface area contributed by atoms with Gasteiger partial charge in [0.25, 0.3) is 5.91 Å². The van der Waals surface area contributed by atoms with Gasteiger partial charge in [-0.25, -0.2) is 4.98 Å². The molecule has 3 nitrogen and oxygen atoms in total. The lowest BCUT2D eigenvalue weighted by Gasteiger charge is -2.43. The first-order chi connectivity index (χ1) is 9.34. The van der Waals surface area contributed by atoms with Crippen LogP contribution in [0.5, 0.6) is 0 Å². The molecule has 2 aliphatic carbocycles. The van der Waals surface area contributed by atoms with Gasteiger partial charge in [-0.1, -0.05) is 20.8 Å². The maximum absolute atomic E-state index is 12.5. The van der Waals surface area contributed by atoms with E-state index in [0.29, 0.717) is 10.2 Å². The van der Waals surface area contributed by atoms with Gasteiger partial charge in [0.15, 0.2) is 0 Å². The fourth-order valence-corrected chi connectivity index (χ4v) is 4.86. The van der Waals surface area contributed by atoms with Crippen molar-refractivity contribution in [1.29, 1.82) is 0 Å². The summed E-state index contributed by atoms with van der Waals surface area (Å²) in [6.07, 6.45) is 5.44. The monoisotopic (exact) mass is 336 g/mol. The Morgan fingerprint density at radius 1 is 1.45 bits per heavy atom.